The molecule has 3 rings (SSSR count). The van der Waals surface area contributed by atoms with E-state index in [4.69, 9.17) is 23.2 Å². The number of amides is 1. The predicted molar refractivity (Wildman–Crippen MR) is 88.8 cm³/mol. The molecule has 0 saturated heterocycles. The van der Waals surface area contributed by atoms with Crippen LogP contribution in [0.5, 0.6) is 0 Å². The number of benzene rings is 1. The lowest BCUT2D eigenvalue weighted by Crippen LogP contribution is -2.16. The third-order valence-electron chi connectivity index (χ3n) is 4.02. The van der Waals surface area contributed by atoms with Gasteiger partial charge in [-0.1, -0.05) is 60.5 Å². The maximum Gasteiger partial charge on any atom is 0.230 e. The van der Waals surface area contributed by atoms with Gasteiger partial charge in [0.2, 0.25) is 5.91 Å². The fourth-order valence-electron chi connectivity index (χ4n) is 2.73. The normalized spacial score (nSPS) is 22.9. The standard InChI is InChI=1S/C15H14Cl2N2OS/c1-15(2)8(7-11(16)17)12(15)13(20)19-14-18-9-5-3-4-6-10(9)21-14/h3-8,12H,1-2H3,(H,18,19,20). The van der Waals surface area contributed by atoms with Crippen molar-refractivity contribution in [2.75, 3.05) is 5.32 Å². The van der Waals surface area contributed by atoms with Crippen LogP contribution in [0.15, 0.2) is 34.8 Å². The molecule has 0 spiro atoms. The second-order valence-corrected chi connectivity index (χ2v) is 7.80. The van der Waals surface area contributed by atoms with Gasteiger partial charge in [-0.2, -0.15) is 0 Å². The van der Waals surface area contributed by atoms with Gasteiger partial charge in [0.1, 0.15) is 4.49 Å². The van der Waals surface area contributed by atoms with Crippen molar-refractivity contribution in [3.63, 3.8) is 0 Å². The van der Waals surface area contributed by atoms with Gasteiger partial charge < -0.3 is 5.32 Å². The molecule has 1 N–H and O–H groups in total. The molecule has 2 aromatic rings. The summed E-state index contributed by atoms with van der Waals surface area (Å²) in [5, 5.41) is 3.53. The van der Waals surface area contributed by atoms with Gasteiger partial charge in [0.05, 0.1) is 16.1 Å². The summed E-state index contributed by atoms with van der Waals surface area (Å²) in [6.07, 6.45) is 1.74. The first-order valence-corrected chi connectivity index (χ1v) is 8.16. The van der Waals surface area contributed by atoms with Crippen LogP contribution < -0.4 is 5.32 Å². The zero-order chi connectivity index (χ0) is 15.2. The van der Waals surface area contributed by atoms with E-state index in [9.17, 15) is 4.79 Å². The van der Waals surface area contributed by atoms with Gasteiger partial charge in [-0.05, 0) is 29.5 Å². The summed E-state index contributed by atoms with van der Waals surface area (Å²) < 4.78 is 1.27. The number of para-hydroxylation sites is 1. The summed E-state index contributed by atoms with van der Waals surface area (Å²) in [4.78, 5) is 16.8. The first-order chi connectivity index (χ1) is 9.89. The minimum absolute atomic E-state index is 0.0325. The number of carbonyl (C=O) groups is 1. The van der Waals surface area contributed by atoms with Crippen LogP contribution in [-0.4, -0.2) is 10.9 Å². The second-order valence-electron chi connectivity index (χ2n) is 5.76. The Labute approximate surface area is 137 Å². The smallest absolute Gasteiger partial charge is 0.230 e. The van der Waals surface area contributed by atoms with Crippen LogP contribution in [0.1, 0.15) is 13.8 Å². The maximum absolute atomic E-state index is 12.4. The average molecular weight is 341 g/mol. The number of allylic oxidation sites excluding steroid dienone is 1. The van der Waals surface area contributed by atoms with Crippen molar-refractivity contribution in [3.8, 4) is 0 Å². The highest BCUT2D eigenvalue weighted by molar-refractivity contribution is 7.22. The SMILES string of the molecule is CC1(C)C(C=C(Cl)Cl)C1C(=O)Nc1nc2ccccc2s1. The van der Waals surface area contributed by atoms with Crippen LogP contribution in [0.3, 0.4) is 0 Å². The molecule has 0 bridgehead atoms. The number of anilines is 1. The van der Waals surface area contributed by atoms with Crippen LogP contribution in [0, 0.1) is 17.3 Å². The van der Waals surface area contributed by atoms with Crippen LogP contribution in [-0.2, 0) is 4.79 Å². The molecular weight excluding hydrogens is 327 g/mol. The lowest BCUT2D eigenvalue weighted by Gasteiger charge is -2.02. The number of thiazole rings is 1. The number of hydrogen-bond acceptors (Lipinski definition) is 3. The minimum atomic E-state index is -0.129. The van der Waals surface area contributed by atoms with E-state index in [1.54, 1.807) is 6.08 Å². The average Bonchev–Trinajstić information content (AvgIpc) is 2.77. The Hall–Kier alpha value is -1.10. The molecule has 0 aliphatic heterocycles. The Bertz CT molecular complexity index is 701. The minimum Gasteiger partial charge on any atom is -0.302 e. The number of fused-ring (bicyclic) bond motifs is 1. The molecule has 1 aromatic carbocycles. The molecule has 1 aromatic heterocycles. The van der Waals surface area contributed by atoms with Gasteiger partial charge in [-0.25, -0.2) is 4.98 Å². The fourth-order valence-corrected chi connectivity index (χ4v) is 3.87. The van der Waals surface area contributed by atoms with Crippen LogP contribution in [0.2, 0.25) is 0 Å². The lowest BCUT2D eigenvalue weighted by atomic mass is 10.1. The van der Waals surface area contributed by atoms with Crippen molar-refractivity contribution < 1.29 is 4.79 Å². The zero-order valence-electron chi connectivity index (χ0n) is 11.6. The molecule has 1 saturated carbocycles. The summed E-state index contributed by atoms with van der Waals surface area (Å²) in [5.41, 5.74) is 0.767. The topological polar surface area (TPSA) is 42.0 Å². The van der Waals surface area contributed by atoms with Gasteiger partial charge in [0.15, 0.2) is 5.13 Å². The summed E-state index contributed by atoms with van der Waals surface area (Å²) in [7, 11) is 0. The van der Waals surface area contributed by atoms with Crippen molar-refractivity contribution in [2.45, 2.75) is 13.8 Å². The zero-order valence-corrected chi connectivity index (χ0v) is 13.9. The molecule has 1 fully saturated rings. The van der Waals surface area contributed by atoms with Crippen molar-refractivity contribution in [1.29, 1.82) is 0 Å². The summed E-state index contributed by atoms with van der Waals surface area (Å²) in [6, 6.07) is 7.81. The van der Waals surface area contributed by atoms with E-state index in [0.29, 0.717) is 5.13 Å². The number of hydrogen-bond donors (Lipinski definition) is 1. The molecule has 3 nitrogen and oxygen atoms in total. The van der Waals surface area contributed by atoms with Gasteiger partial charge in [-0.15, -0.1) is 0 Å². The monoisotopic (exact) mass is 340 g/mol. The fraction of sp³-hybridized carbons (Fsp3) is 0.333. The molecule has 110 valence electrons. The Morgan fingerprint density at radius 2 is 2.10 bits per heavy atom. The molecule has 1 heterocycles. The maximum atomic E-state index is 12.4. The van der Waals surface area contributed by atoms with Gasteiger partial charge in [0.25, 0.3) is 0 Å². The molecule has 6 heteroatoms. The Morgan fingerprint density at radius 3 is 2.76 bits per heavy atom. The molecule has 0 radical (unpaired) electrons. The van der Waals surface area contributed by atoms with Crippen molar-refractivity contribution in [1.82, 2.24) is 4.98 Å². The molecular formula is C15H14Cl2N2OS. The van der Waals surface area contributed by atoms with Gasteiger partial charge in [0, 0.05) is 0 Å². The highest BCUT2D eigenvalue weighted by atomic mass is 35.5. The third-order valence-corrected chi connectivity index (χ3v) is 5.23. The number of carbonyl (C=O) groups excluding carboxylic acids is 1. The van der Waals surface area contributed by atoms with E-state index in [1.807, 2.05) is 38.1 Å². The number of nitrogens with one attached hydrogen (secondary N) is 1. The first kappa shape index (κ1) is 14.8. The quantitative estimate of drug-likeness (QED) is 0.869. The highest BCUT2D eigenvalue weighted by Crippen LogP contribution is 2.60. The molecule has 1 amide bonds. The predicted octanol–water partition coefficient (Wildman–Crippen LogP) is 4.83. The second kappa shape index (κ2) is 5.27. The number of halogens is 2. The van der Waals surface area contributed by atoms with E-state index in [1.165, 1.54) is 11.3 Å². The Balaban J connectivity index is 1.76. The van der Waals surface area contributed by atoms with E-state index in [-0.39, 0.29) is 27.6 Å². The molecule has 2 unspecified atom stereocenters. The van der Waals surface area contributed by atoms with Crippen molar-refractivity contribution >= 4 is 55.8 Å². The summed E-state index contributed by atoms with van der Waals surface area (Å²) >= 11 is 12.9. The van der Waals surface area contributed by atoms with Gasteiger partial charge >= 0.3 is 0 Å². The van der Waals surface area contributed by atoms with Crippen molar-refractivity contribution in [2.24, 2.45) is 17.3 Å². The lowest BCUT2D eigenvalue weighted by molar-refractivity contribution is -0.118. The van der Waals surface area contributed by atoms with E-state index in [2.05, 4.69) is 10.3 Å². The van der Waals surface area contributed by atoms with E-state index < -0.39 is 0 Å². The van der Waals surface area contributed by atoms with Crippen LogP contribution >= 0.6 is 34.5 Å². The molecule has 1 aliphatic carbocycles. The molecule has 21 heavy (non-hydrogen) atoms. The number of rotatable bonds is 3. The Kier molecular flexibility index (Phi) is 3.72. The Morgan fingerprint density at radius 1 is 1.38 bits per heavy atom. The van der Waals surface area contributed by atoms with Crippen LogP contribution in [0.25, 0.3) is 10.2 Å². The first-order valence-electron chi connectivity index (χ1n) is 6.59. The number of nitrogens with zero attached hydrogens (tertiary/aromatic N) is 1. The summed E-state index contributed by atoms with van der Waals surface area (Å²) in [5.74, 6) is -0.0937. The van der Waals surface area contributed by atoms with E-state index >= 15 is 0 Å². The highest BCUT2D eigenvalue weighted by Gasteiger charge is 2.60. The van der Waals surface area contributed by atoms with E-state index in [0.717, 1.165) is 10.2 Å². The summed E-state index contributed by atoms with van der Waals surface area (Å²) in [6.45, 7) is 4.07. The molecule has 2 atom stereocenters. The van der Waals surface area contributed by atoms with Gasteiger partial charge in [-0.3, -0.25) is 4.79 Å². The van der Waals surface area contributed by atoms with Crippen molar-refractivity contribution in [3.05, 3.63) is 34.8 Å². The largest absolute Gasteiger partial charge is 0.302 e. The van der Waals surface area contributed by atoms with Crippen LogP contribution in [0.4, 0.5) is 5.13 Å². The third kappa shape index (κ3) is 2.80. The number of aromatic nitrogens is 1. The molecule has 1 aliphatic rings.